The molecular formula is C13H20BrNOS. The van der Waals surface area contributed by atoms with E-state index >= 15 is 0 Å². The maximum Gasteiger partial charge on any atom is 0.0949 e. The molecule has 1 aromatic rings. The second-order valence-corrected chi connectivity index (χ2v) is 6.91. The number of aryl methyl sites for hydroxylation is 1. The molecule has 0 saturated carbocycles. The number of halogens is 1. The average molecular weight is 318 g/mol. The van der Waals surface area contributed by atoms with Crippen LogP contribution in [0.4, 0.5) is 0 Å². The van der Waals surface area contributed by atoms with E-state index in [-0.39, 0.29) is 11.3 Å². The third-order valence-corrected chi connectivity index (χ3v) is 5.07. The summed E-state index contributed by atoms with van der Waals surface area (Å²) in [6.45, 7) is 8.19. The molecule has 2 unspecified atom stereocenters. The molecule has 0 aliphatic carbocycles. The lowest BCUT2D eigenvalue weighted by atomic mass is 10.0. The predicted molar refractivity (Wildman–Crippen MR) is 78.3 cm³/mol. The van der Waals surface area contributed by atoms with E-state index in [4.69, 9.17) is 0 Å². The zero-order valence-corrected chi connectivity index (χ0v) is 13.2. The van der Waals surface area contributed by atoms with E-state index in [9.17, 15) is 4.21 Å². The summed E-state index contributed by atoms with van der Waals surface area (Å²) < 4.78 is 16.2. The van der Waals surface area contributed by atoms with Gasteiger partial charge < -0.3 is 0 Å². The normalized spacial score (nSPS) is 16.5. The summed E-state index contributed by atoms with van der Waals surface area (Å²) in [4.78, 5) is 0. The number of hydrogen-bond donors (Lipinski definition) is 1. The molecule has 0 aliphatic heterocycles. The predicted octanol–water partition coefficient (Wildman–Crippen LogP) is 3.87. The zero-order chi connectivity index (χ0) is 13.0. The highest BCUT2D eigenvalue weighted by Crippen LogP contribution is 2.22. The Hall–Kier alpha value is -0.190. The Morgan fingerprint density at radius 1 is 1.41 bits per heavy atom. The van der Waals surface area contributed by atoms with Gasteiger partial charge in [-0.2, -0.15) is 0 Å². The Balaban J connectivity index is 2.76. The molecule has 0 fully saturated rings. The van der Waals surface area contributed by atoms with Crippen LogP contribution >= 0.6 is 15.9 Å². The molecule has 0 saturated heterocycles. The molecule has 2 nitrogen and oxygen atoms in total. The van der Waals surface area contributed by atoms with E-state index in [0.29, 0.717) is 0 Å². The summed E-state index contributed by atoms with van der Waals surface area (Å²) in [7, 11) is -0.971. The summed E-state index contributed by atoms with van der Waals surface area (Å²) in [6.07, 6.45) is 0.922. The third kappa shape index (κ3) is 4.19. The highest BCUT2D eigenvalue weighted by atomic mass is 79.9. The van der Waals surface area contributed by atoms with Crippen molar-refractivity contribution >= 4 is 26.9 Å². The van der Waals surface area contributed by atoms with Gasteiger partial charge >= 0.3 is 0 Å². The van der Waals surface area contributed by atoms with E-state index < -0.39 is 11.0 Å². The van der Waals surface area contributed by atoms with Crippen molar-refractivity contribution < 1.29 is 4.21 Å². The molecule has 0 aliphatic rings. The molecular weight excluding hydrogens is 298 g/mol. The monoisotopic (exact) mass is 317 g/mol. The van der Waals surface area contributed by atoms with Gasteiger partial charge in [0.05, 0.1) is 11.0 Å². The van der Waals surface area contributed by atoms with Crippen molar-refractivity contribution in [1.82, 2.24) is 4.72 Å². The van der Waals surface area contributed by atoms with Crippen LogP contribution in [-0.4, -0.2) is 9.46 Å². The summed E-state index contributed by atoms with van der Waals surface area (Å²) >= 11 is 3.45. The first-order valence-corrected chi connectivity index (χ1v) is 7.89. The smallest absolute Gasteiger partial charge is 0.0949 e. The Bertz CT molecular complexity index is 408. The minimum Gasteiger partial charge on any atom is -0.243 e. The molecule has 0 radical (unpaired) electrons. The van der Waals surface area contributed by atoms with E-state index in [0.717, 1.165) is 10.9 Å². The molecule has 17 heavy (non-hydrogen) atoms. The fourth-order valence-corrected chi connectivity index (χ4v) is 3.12. The number of benzene rings is 1. The Morgan fingerprint density at radius 2 is 2.06 bits per heavy atom. The highest BCUT2D eigenvalue weighted by molar-refractivity contribution is 9.10. The van der Waals surface area contributed by atoms with Crippen LogP contribution in [0, 0.1) is 6.92 Å². The second-order valence-electron chi connectivity index (χ2n) is 4.36. The van der Waals surface area contributed by atoms with Crippen LogP contribution in [0.25, 0.3) is 0 Å². The summed E-state index contributed by atoms with van der Waals surface area (Å²) in [5.41, 5.74) is 2.41. The standard InChI is InChI=1S/C13H20BrNOS/c1-5-10(3)17(16)15-11(4)13-7-6-12(14)8-9(13)2/h6-8,10-11,15H,5H2,1-4H3/t10?,11-,17?/m0/s1. The van der Waals surface area contributed by atoms with Crippen LogP contribution in [0.15, 0.2) is 22.7 Å². The van der Waals surface area contributed by atoms with Gasteiger partial charge in [0.2, 0.25) is 0 Å². The summed E-state index contributed by atoms with van der Waals surface area (Å²) in [6, 6.07) is 6.29. The summed E-state index contributed by atoms with van der Waals surface area (Å²) in [5, 5.41) is 0.188. The molecule has 0 amide bonds. The quantitative estimate of drug-likeness (QED) is 0.877. The van der Waals surface area contributed by atoms with Crippen molar-refractivity contribution in [1.29, 1.82) is 0 Å². The van der Waals surface area contributed by atoms with E-state index in [1.54, 1.807) is 0 Å². The molecule has 1 aromatic carbocycles. The molecule has 4 heteroatoms. The van der Waals surface area contributed by atoms with Gasteiger partial charge in [0.1, 0.15) is 0 Å². The van der Waals surface area contributed by atoms with Crippen LogP contribution in [0.2, 0.25) is 0 Å². The van der Waals surface area contributed by atoms with Crippen molar-refractivity contribution in [3.05, 3.63) is 33.8 Å². The van der Waals surface area contributed by atoms with Crippen molar-refractivity contribution in [2.24, 2.45) is 0 Å². The van der Waals surface area contributed by atoms with Gasteiger partial charge in [-0.15, -0.1) is 0 Å². The fraction of sp³-hybridized carbons (Fsp3) is 0.538. The molecule has 0 aromatic heterocycles. The Kier molecular flexibility index (Phi) is 5.83. The first kappa shape index (κ1) is 14.9. The van der Waals surface area contributed by atoms with Gasteiger partial charge in [-0.1, -0.05) is 28.9 Å². The van der Waals surface area contributed by atoms with Crippen molar-refractivity contribution in [3.8, 4) is 0 Å². The minimum atomic E-state index is -0.971. The number of hydrogen-bond acceptors (Lipinski definition) is 1. The van der Waals surface area contributed by atoms with Gasteiger partial charge in [-0.05, 0) is 50.5 Å². The molecule has 1 N–H and O–H groups in total. The van der Waals surface area contributed by atoms with E-state index in [1.807, 2.05) is 13.0 Å². The van der Waals surface area contributed by atoms with Gasteiger partial charge in [-0.3, -0.25) is 0 Å². The average Bonchev–Trinajstić information content (AvgIpc) is 2.27. The van der Waals surface area contributed by atoms with Crippen LogP contribution in [0.3, 0.4) is 0 Å². The van der Waals surface area contributed by atoms with Crippen LogP contribution in [-0.2, 0) is 11.0 Å². The summed E-state index contributed by atoms with van der Waals surface area (Å²) in [5.74, 6) is 0. The van der Waals surface area contributed by atoms with Crippen LogP contribution in [0.5, 0.6) is 0 Å². The van der Waals surface area contributed by atoms with Crippen LogP contribution < -0.4 is 4.72 Å². The second kappa shape index (κ2) is 6.66. The largest absolute Gasteiger partial charge is 0.243 e. The van der Waals surface area contributed by atoms with Gasteiger partial charge in [0.15, 0.2) is 0 Å². The topological polar surface area (TPSA) is 29.1 Å². The van der Waals surface area contributed by atoms with E-state index in [1.165, 1.54) is 11.1 Å². The van der Waals surface area contributed by atoms with E-state index in [2.05, 4.69) is 53.6 Å². The molecule has 3 atom stereocenters. The van der Waals surface area contributed by atoms with Gasteiger partial charge in [-0.25, -0.2) is 8.93 Å². The molecule has 0 heterocycles. The lowest BCUT2D eigenvalue weighted by molar-refractivity contribution is 0.636. The Morgan fingerprint density at radius 3 is 2.59 bits per heavy atom. The number of nitrogens with one attached hydrogen (secondary N) is 1. The molecule has 96 valence electrons. The first-order valence-electron chi connectivity index (χ1n) is 5.88. The minimum absolute atomic E-state index is 0.109. The van der Waals surface area contributed by atoms with Crippen molar-refractivity contribution in [2.45, 2.75) is 45.4 Å². The molecule has 0 spiro atoms. The van der Waals surface area contributed by atoms with Crippen LogP contribution in [0.1, 0.15) is 44.4 Å². The lowest BCUT2D eigenvalue weighted by Gasteiger charge is -2.18. The van der Waals surface area contributed by atoms with Crippen molar-refractivity contribution in [2.75, 3.05) is 0 Å². The SMILES string of the molecule is CCC(C)S(=O)N[C@@H](C)c1ccc(Br)cc1C. The molecule has 1 rings (SSSR count). The molecule has 0 bridgehead atoms. The van der Waals surface area contributed by atoms with Gasteiger partial charge in [0, 0.05) is 15.8 Å². The lowest BCUT2D eigenvalue weighted by Crippen LogP contribution is -2.28. The zero-order valence-electron chi connectivity index (χ0n) is 10.8. The highest BCUT2D eigenvalue weighted by Gasteiger charge is 2.14. The third-order valence-electron chi connectivity index (χ3n) is 2.93. The van der Waals surface area contributed by atoms with Crippen molar-refractivity contribution in [3.63, 3.8) is 0 Å². The maximum absolute atomic E-state index is 11.9. The maximum atomic E-state index is 11.9. The number of rotatable bonds is 5. The first-order chi connectivity index (χ1) is 7.95. The Labute approximate surface area is 115 Å². The fourth-order valence-electron chi connectivity index (χ4n) is 1.63. The van der Waals surface area contributed by atoms with Gasteiger partial charge in [0.25, 0.3) is 0 Å².